The summed E-state index contributed by atoms with van der Waals surface area (Å²) in [6.07, 6.45) is 4.11. The number of primary amides is 1. The summed E-state index contributed by atoms with van der Waals surface area (Å²) in [6, 6.07) is 0.717. The summed E-state index contributed by atoms with van der Waals surface area (Å²) in [4.78, 5) is 13.5. The summed E-state index contributed by atoms with van der Waals surface area (Å²) in [7, 11) is 0. The van der Waals surface area contributed by atoms with Crippen LogP contribution in [0.15, 0.2) is 0 Å². The predicted octanol–water partition coefficient (Wildman–Crippen LogP) is 0.572. The van der Waals surface area contributed by atoms with Gasteiger partial charge in [-0.25, -0.2) is 0 Å². The molecule has 2 saturated heterocycles. The van der Waals surface area contributed by atoms with Gasteiger partial charge < -0.3 is 11.1 Å². The summed E-state index contributed by atoms with van der Waals surface area (Å²) < 4.78 is 0. The van der Waals surface area contributed by atoms with Crippen molar-refractivity contribution in [2.75, 3.05) is 26.2 Å². The van der Waals surface area contributed by atoms with E-state index < -0.39 is 0 Å². The first-order valence-corrected chi connectivity index (χ1v) is 6.93. The predicted molar refractivity (Wildman–Crippen MR) is 68.5 cm³/mol. The van der Waals surface area contributed by atoms with Crippen LogP contribution < -0.4 is 11.1 Å². The van der Waals surface area contributed by atoms with Crippen molar-refractivity contribution in [2.45, 2.75) is 38.6 Å². The van der Waals surface area contributed by atoms with Gasteiger partial charge >= 0.3 is 0 Å². The molecule has 2 atom stereocenters. The smallest absolute Gasteiger partial charge is 0.217 e. The highest BCUT2D eigenvalue weighted by Gasteiger charge is 2.33. The largest absolute Gasteiger partial charge is 0.370 e. The van der Waals surface area contributed by atoms with Gasteiger partial charge in [0.2, 0.25) is 5.91 Å². The van der Waals surface area contributed by atoms with Gasteiger partial charge in [-0.15, -0.1) is 0 Å². The quantitative estimate of drug-likeness (QED) is 0.754. The molecule has 0 spiro atoms. The van der Waals surface area contributed by atoms with Crippen LogP contribution in [-0.4, -0.2) is 43.0 Å². The number of amides is 1. The minimum atomic E-state index is -0.141. The fraction of sp³-hybridized carbons (Fsp3) is 0.923. The average molecular weight is 239 g/mol. The van der Waals surface area contributed by atoms with Crippen molar-refractivity contribution in [3.8, 4) is 0 Å². The zero-order valence-electron chi connectivity index (χ0n) is 10.8. The molecule has 1 amide bonds. The Morgan fingerprint density at radius 2 is 2.06 bits per heavy atom. The third kappa shape index (κ3) is 3.19. The molecule has 98 valence electrons. The van der Waals surface area contributed by atoms with Crippen molar-refractivity contribution >= 4 is 5.91 Å². The molecule has 4 heteroatoms. The molecule has 3 N–H and O–H groups in total. The highest BCUT2D eigenvalue weighted by Crippen LogP contribution is 2.26. The summed E-state index contributed by atoms with van der Waals surface area (Å²) in [5.74, 6) is 1.19. The van der Waals surface area contributed by atoms with E-state index in [1.807, 2.05) is 0 Å². The SMILES string of the molecule is CCC1CNCC1N1CCC(CC(N)=O)CC1. The molecular formula is C13H25N3O. The van der Waals surface area contributed by atoms with Crippen LogP contribution in [0.2, 0.25) is 0 Å². The zero-order valence-corrected chi connectivity index (χ0v) is 10.8. The van der Waals surface area contributed by atoms with Gasteiger partial charge in [0.05, 0.1) is 0 Å². The van der Waals surface area contributed by atoms with Gasteiger partial charge in [-0.3, -0.25) is 9.69 Å². The Bertz CT molecular complexity index is 261. The molecule has 2 unspecified atom stereocenters. The summed E-state index contributed by atoms with van der Waals surface area (Å²) in [6.45, 7) is 6.87. The maximum atomic E-state index is 10.9. The second-order valence-corrected chi connectivity index (χ2v) is 5.54. The van der Waals surface area contributed by atoms with E-state index in [0.29, 0.717) is 12.3 Å². The molecule has 0 saturated carbocycles. The van der Waals surface area contributed by atoms with Crippen molar-refractivity contribution in [3.63, 3.8) is 0 Å². The molecule has 2 aliphatic rings. The summed E-state index contributed by atoms with van der Waals surface area (Å²) in [5.41, 5.74) is 5.26. The van der Waals surface area contributed by atoms with Gasteiger partial charge in [-0.1, -0.05) is 13.3 Å². The highest BCUT2D eigenvalue weighted by atomic mass is 16.1. The lowest BCUT2D eigenvalue weighted by Crippen LogP contribution is -2.45. The van der Waals surface area contributed by atoms with E-state index in [-0.39, 0.29) is 5.91 Å². The number of rotatable bonds is 4. The lowest BCUT2D eigenvalue weighted by Gasteiger charge is -2.37. The molecule has 0 radical (unpaired) electrons. The molecule has 2 rings (SSSR count). The van der Waals surface area contributed by atoms with E-state index >= 15 is 0 Å². The van der Waals surface area contributed by atoms with Crippen LogP contribution in [0.25, 0.3) is 0 Å². The Hall–Kier alpha value is -0.610. The molecule has 0 aromatic rings. The molecule has 4 nitrogen and oxygen atoms in total. The maximum Gasteiger partial charge on any atom is 0.217 e. The first-order chi connectivity index (χ1) is 8.20. The topological polar surface area (TPSA) is 58.4 Å². The molecule has 0 aromatic heterocycles. The number of nitrogens with one attached hydrogen (secondary N) is 1. The van der Waals surface area contributed by atoms with Gasteiger partial charge in [0.1, 0.15) is 0 Å². The van der Waals surface area contributed by atoms with Crippen LogP contribution in [0.3, 0.4) is 0 Å². The monoisotopic (exact) mass is 239 g/mol. The van der Waals surface area contributed by atoms with Crippen molar-refractivity contribution in [1.82, 2.24) is 10.2 Å². The number of nitrogens with zero attached hydrogens (tertiary/aromatic N) is 1. The van der Waals surface area contributed by atoms with E-state index in [1.165, 1.54) is 13.0 Å². The lowest BCUT2D eigenvalue weighted by molar-refractivity contribution is -0.119. The van der Waals surface area contributed by atoms with Crippen LogP contribution in [0.4, 0.5) is 0 Å². The van der Waals surface area contributed by atoms with Gasteiger partial charge in [-0.2, -0.15) is 0 Å². The van der Waals surface area contributed by atoms with E-state index in [2.05, 4.69) is 17.1 Å². The number of carbonyl (C=O) groups is 1. The van der Waals surface area contributed by atoms with Gasteiger partial charge in [0.15, 0.2) is 0 Å². The zero-order chi connectivity index (χ0) is 12.3. The third-order valence-corrected chi connectivity index (χ3v) is 4.44. The molecule has 2 aliphatic heterocycles. The Morgan fingerprint density at radius 3 is 2.65 bits per heavy atom. The number of hydrogen-bond donors (Lipinski definition) is 2. The fourth-order valence-corrected chi connectivity index (χ4v) is 3.34. The number of nitrogens with two attached hydrogens (primary N) is 1. The first-order valence-electron chi connectivity index (χ1n) is 6.93. The van der Waals surface area contributed by atoms with Crippen molar-refractivity contribution in [3.05, 3.63) is 0 Å². The van der Waals surface area contributed by atoms with E-state index in [4.69, 9.17) is 5.73 Å². The van der Waals surface area contributed by atoms with Crippen LogP contribution in [0.1, 0.15) is 32.6 Å². The second kappa shape index (κ2) is 5.83. The number of carbonyl (C=O) groups excluding carboxylic acids is 1. The maximum absolute atomic E-state index is 10.9. The summed E-state index contributed by atoms with van der Waals surface area (Å²) in [5, 5.41) is 3.50. The van der Waals surface area contributed by atoms with E-state index in [9.17, 15) is 4.79 Å². The summed E-state index contributed by atoms with van der Waals surface area (Å²) >= 11 is 0. The Morgan fingerprint density at radius 1 is 1.35 bits per heavy atom. The van der Waals surface area contributed by atoms with Gasteiger partial charge in [0.25, 0.3) is 0 Å². The molecule has 2 fully saturated rings. The van der Waals surface area contributed by atoms with Crippen molar-refractivity contribution in [1.29, 1.82) is 0 Å². The van der Waals surface area contributed by atoms with Gasteiger partial charge in [0, 0.05) is 19.0 Å². The van der Waals surface area contributed by atoms with Crippen LogP contribution in [0, 0.1) is 11.8 Å². The molecule has 2 heterocycles. The Balaban J connectivity index is 1.80. The van der Waals surface area contributed by atoms with Crippen molar-refractivity contribution < 1.29 is 4.79 Å². The van der Waals surface area contributed by atoms with Crippen LogP contribution in [0.5, 0.6) is 0 Å². The molecule has 17 heavy (non-hydrogen) atoms. The Labute approximate surface area is 104 Å². The average Bonchev–Trinajstić information content (AvgIpc) is 2.77. The normalized spacial score (nSPS) is 31.8. The minimum absolute atomic E-state index is 0.141. The highest BCUT2D eigenvalue weighted by molar-refractivity contribution is 5.73. The number of likely N-dealkylation sites (tertiary alicyclic amines) is 1. The molecule has 0 aliphatic carbocycles. The number of hydrogen-bond acceptors (Lipinski definition) is 3. The lowest BCUT2D eigenvalue weighted by atomic mass is 9.90. The second-order valence-electron chi connectivity index (χ2n) is 5.54. The van der Waals surface area contributed by atoms with E-state index in [1.54, 1.807) is 0 Å². The van der Waals surface area contributed by atoms with Crippen molar-refractivity contribution in [2.24, 2.45) is 17.6 Å². The Kier molecular flexibility index (Phi) is 4.40. The molecule has 0 bridgehead atoms. The van der Waals surface area contributed by atoms with Crippen LogP contribution in [-0.2, 0) is 4.79 Å². The van der Waals surface area contributed by atoms with Crippen LogP contribution >= 0.6 is 0 Å². The molecule has 0 aromatic carbocycles. The minimum Gasteiger partial charge on any atom is -0.370 e. The molecular weight excluding hydrogens is 214 g/mol. The fourth-order valence-electron chi connectivity index (χ4n) is 3.34. The third-order valence-electron chi connectivity index (χ3n) is 4.44. The standard InChI is InChI=1S/C13H25N3O/c1-2-11-8-15-9-12(11)16-5-3-10(4-6-16)7-13(14)17/h10-12,15H,2-9H2,1H3,(H2,14,17). The van der Waals surface area contributed by atoms with Gasteiger partial charge in [-0.05, 0) is 44.3 Å². The van der Waals surface area contributed by atoms with E-state index in [0.717, 1.165) is 44.4 Å². The first kappa shape index (κ1) is 12.8. The number of piperidine rings is 1.